The van der Waals surface area contributed by atoms with E-state index < -0.39 is 10.8 Å². The van der Waals surface area contributed by atoms with E-state index in [1.807, 2.05) is 6.92 Å². The van der Waals surface area contributed by atoms with Gasteiger partial charge in [-0.25, -0.2) is 0 Å². The van der Waals surface area contributed by atoms with Gasteiger partial charge >= 0.3 is 0 Å². The van der Waals surface area contributed by atoms with Crippen molar-refractivity contribution < 1.29 is 9.00 Å². The number of anilines is 1. The first-order chi connectivity index (χ1) is 8.06. The van der Waals surface area contributed by atoms with Crippen LogP contribution in [0.4, 0.5) is 5.69 Å². The van der Waals surface area contributed by atoms with Gasteiger partial charge in [0.15, 0.2) is 0 Å². The number of rotatable bonds is 5. The van der Waals surface area contributed by atoms with Crippen molar-refractivity contribution in [3.8, 4) is 0 Å². The van der Waals surface area contributed by atoms with Crippen LogP contribution in [0.25, 0.3) is 0 Å². The van der Waals surface area contributed by atoms with Crippen molar-refractivity contribution in [2.45, 2.75) is 6.92 Å². The zero-order valence-electron chi connectivity index (χ0n) is 9.53. The standard InChI is InChI=1S/C11H15ClN2O2S/c1-2-17(16)7-6-14-11(15)8-4-3-5-9(12)10(8)13/h3-5H,2,6-7,13H2,1H3,(H,14,15). The van der Waals surface area contributed by atoms with Gasteiger partial charge in [0.05, 0.1) is 16.3 Å². The van der Waals surface area contributed by atoms with Crippen molar-refractivity contribution >= 4 is 34.0 Å². The molecule has 0 spiro atoms. The Morgan fingerprint density at radius 3 is 2.88 bits per heavy atom. The van der Waals surface area contributed by atoms with Gasteiger partial charge in [0.25, 0.3) is 5.91 Å². The Balaban J connectivity index is 2.59. The molecule has 0 aliphatic carbocycles. The van der Waals surface area contributed by atoms with Gasteiger partial charge in [-0.2, -0.15) is 0 Å². The predicted molar refractivity (Wildman–Crippen MR) is 71.7 cm³/mol. The summed E-state index contributed by atoms with van der Waals surface area (Å²) in [5.74, 6) is 0.746. The molecule has 0 fully saturated rings. The molecule has 6 heteroatoms. The summed E-state index contributed by atoms with van der Waals surface area (Å²) in [6, 6.07) is 4.89. The minimum Gasteiger partial charge on any atom is -0.397 e. The van der Waals surface area contributed by atoms with Crippen LogP contribution in [0.1, 0.15) is 17.3 Å². The molecule has 1 unspecified atom stereocenters. The van der Waals surface area contributed by atoms with Crippen molar-refractivity contribution in [3.05, 3.63) is 28.8 Å². The third-order valence-corrected chi connectivity index (χ3v) is 3.87. The molecule has 0 aromatic heterocycles. The van der Waals surface area contributed by atoms with Crippen molar-refractivity contribution in [1.82, 2.24) is 5.32 Å². The summed E-state index contributed by atoms with van der Waals surface area (Å²) >= 11 is 5.81. The van der Waals surface area contributed by atoms with Gasteiger partial charge in [0.2, 0.25) is 0 Å². The lowest BCUT2D eigenvalue weighted by Gasteiger charge is -2.08. The first-order valence-corrected chi connectivity index (χ1v) is 7.10. The molecule has 0 heterocycles. The molecule has 1 atom stereocenters. The number of nitrogen functional groups attached to an aromatic ring is 1. The number of carbonyl (C=O) groups excluding carboxylic acids is 1. The Hall–Kier alpha value is -1.07. The summed E-state index contributed by atoms with van der Waals surface area (Å²) in [5, 5.41) is 3.02. The SMILES string of the molecule is CCS(=O)CCNC(=O)c1cccc(Cl)c1N. The fourth-order valence-electron chi connectivity index (χ4n) is 1.25. The number of nitrogens with two attached hydrogens (primary N) is 1. The smallest absolute Gasteiger partial charge is 0.253 e. The number of hydrogen-bond donors (Lipinski definition) is 2. The van der Waals surface area contributed by atoms with Gasteiger partial charge in [-0.3, -0.25) is 9.00 Å². The molecule has 0 bridgehead atoms. The van der Waals surface area contributed by atoms with Crippen LogP contribution in [0, 0.1) is 0 Å². The highest BCUT2D eigenvalue weighted by Gasteiger charge is 2.11. The van der Waals surface area contributed by atoms with E-state index in [0.29, 0.717) is 28.6 Å². The number of amides is 1. The molecule has 0 aliphatic rings. The number of halogens is 1. The van der Waals surface area contributed by atoms with Gasteiger partial charge in [-0.05, 0) is 12.1 Å². The lowest BCUT2D eigenvalue weighted by atomic mass is 10.1. The van der Waals surface area contributed by atoms with E-state index in [1.54, 1.807) is 18.2 Å². The van der Waals surface area contributed by atoms with E-state index >= 15 is 0 Å². The number of nitrogens with one attached hydrogen (secondary N) is 1. The highest BCUT2D eigenvalue weighted by molar-refractivity contribution is 7.84. The Kier molecular flexibility index (Phi) is 5.44. The molecule has 0 aliphatic heterocycles. The maximum Gasteiger partial charge on any atom is 0.253 e. The molecule has 0 saturated heterocycles. The number of hydrogen-bond acceptors (Lipinski definition) is 3. The summed E-state index contributed by atoms with van der Waals surface area (Å²) in [5.41, 5.74) is 6.30. The fraction of sp³-hybridized carbons (Fsp3) is 0.364. The van der Waals surface area contributed by atoms with E-state index in [9.17, 15) is 9.00 Å². The van der Waals surface area contributed by atoms with Crippen LogP contribution < -0.4 is 11.1 Å². The summed E-state index contributed by atoms with van der Waals surface area (Å²) in [6.45, 7) is 2.21. The van der Waals surface area contributed by atoms with E-state index in [-0.39, 0.29) is 11.6 Å². The second-order valence-electron chi connectivity index (χ2n) is 3.39. The Morgan fingerprint density at radius 1 is 1.53 bits per heavy atom. The Bertz CT molecular complexity index is 437. The van der Waals surface area contributed by atoms with Gasteiger partial charge in [-0.15, -0.1) is 0 Å². The third kappa shape index (κ3) is 4.02. The zero-order chi connectivity index (χ0) is 12.8. The molecule has 17 heavy (non-hydrogen) atoms. The van der Waals surface area contributed by atoms with Crippen molar-refractivity contribution in [2.24, 2.45) is 0 Å². The summed E-state index contributed by atoms with van der Waals surface area (Å²) in [6.07, 6.45) is 0. The first-order valence-electron chi connectivity index (χ1n) is 5.23. The molecular weight excluding hydrogens is 260 g/mol. The van der Waals surface area contributed by atoms with Gasteiger partial charge in [0.1, 0.15) is 0 Å². The van der Waals surface area contributed by atoms with Crippen LogP contribution in [-0.2, 0) is 10.8 Å². The largest absolute Gasteiger partial charge is 0.397 e. The van der Waals surface area contributed by atoms with E-state index in [4.69, 9.17) is 17.3 Å². The monoisotopic (exact) mass is 274 g/mol. The normalized spacial score (nSPS) is 12.1. The van der Waals surface area contributed by atoms with Crippen LogP contribution in [-0.4, -0.2) is 28.2 Å². The lowest BCUT2D eigenvalue weighted by Crippen LogP contribution is -2.28. The molecule has 3 N–H and O–H groups in total. The second kappa shape index (κ2) is 6.61. The van der Waals surface area contributed by atoms with Crippen LogP contribution in [0.15, 0.2) is 18.2 Å². The molecule has 1 aromatic carbocycles. The van der Waals surface area contributed by atoms with E-state index in [2.05, 4.69) is 5.32 Å². The molecular formula is C11H15ClN2O2S. The van der Waals surface area contributed by atoms with Crippen LogP contribution >= 0.6 is 11.6 Å². The minimum atomic E-state index is -0.882. The van der Waals surface area contributed by atoms with Gasteiger partial charge in [0, 0.05) is 28.9 Å². The van der Waals surface area contributed by atoms with Gasteiger partial charge < -0.3 is 11.1 Å². The van der Waals surface area contributed by atoms with Crippen molar-refractivity contribution in [3.63, 3.8) is 0 Å². The summed E-state index contributed by atoms with van der Waals surface area (Å²) < 4.78 is 11.2. The van der Waals surface area contributed by atoms with E-state index in [0.717, 1.165) is 0 Å². The highest BCUT2D eigenvalue weighted by Crippen LogP contribution is 2.21. The van der Waals surface area contributed by atoms with Gasteiger partial charge in [-0.1, -0.05) is 24.6 Å². The average Bonchev–Trinajstić information content (AvgIpc) is 2.32. The zero-order valence-corrected chi connectivity index (χ0v) is 11.1. The quantitative estimate of drug-likeness (QED) is 0.798. The molecule has 1 rings (SSSR count). The minimum absolute atomic E-state index is 0.267. The summed E-state index contributed by atoms with van der Waals surface area (Å²) in [4.78, 5) is 11.7. The number of carbonyl (C=O) groups is 1. The molecule has 94 valence electrons. The third-order valence-electron chi connectivity index (χ3n) is 2.23. The van der Waals surface area contributed by atoms with Crippen LogP contribution in [0.2, 0.25) is 5.02 Å². The Morgan fingerprint density at radius 2 is 2.24 bits per heavy atom. The topological polar surface area (TPSA) is 72.2 Å². The second-order valence-corrected chi connectivity index (χ2v) is 5.66. The molecule has 1 aromatic rings. The van der Waals surface area contributed by atoms with Crippen molar-refractivity contribution in [1.29, 1.82) is 0 Å². The lowest BCUT2D eigenvalue weighted by molar-refractivity contribution is 0.0957. The highest BCUT2D eigenvalue weighted by atomic mass is 35.5. The maximum atomic E-state index is 11.7. The summed E-state index contributed by atoms with van der Waals surface area (Å²) in [7, 11) is -0.882. The van der Waals surface area contributed by atoms with Crippen LogP contribution in [0.5, 0.6) is 0 Å². The van der Waals surface area contributed by atoms with Crippen LogP contribution in [0.3, 0.4) is 0 Å². The molecule has 0 saturated carbocycles. The average molecular weight is 275 g/mol. The molecule has 1 amide bonds. The van der Waals surface area contributed by atoms with Crippen molar-refractivity contribution in [2.75, 3.05) is 23.8 Å². The predicted octanol–water partition coefficient (Wildman–Crippen LogP) is 1.42. The molecule has 0 radical (unpaired) electrons. The molecule has 4 nitrogen and oxygen atoms in total. The number of benzene rings is 1. The Labute approximate surface area is 108 Å². The number of para-hydroxylation sites is 1. The fourth-order valence-corrected chi connectivity index (χ4v) is 2.05. The van der Waals surface area contributed by atoms with E-state index in [1.165, 1.54) is 0 Å². The maximum absolute atomic E-state index is 11.7. The first kappa shape index (κ1) is 14.0.